The molecule has 2 heterocycles. The maximum Gasteiger partial charge on any atom is 0.244 e. The van der Waals surface area contributed by atoms with Gasteiger partial charge in [-0.05, 0) is 55.8 Å². The van der Waals surface area contributed by atoms with E-state index in [1.54, 1.807) is 4.90 Å². The number of hydrogen-bond acceptors (Lipinski definition) is 3. The summed E-state index contributed by atoms with van der Waals surface area (Å²) in [6, 6.07) is 9.25. The third-order valence-corrected chi connectivity index (χ3v) is 4.85. The van der Waals surface area contributed by atoms with Gasteiger partial charge in [-0.2, -0.15) is 0 Å². The van der Waals surface area contributed by atoms with E-state index in [1.165, 1.54) is 24.3 Å². The molecule has 2 aliphatic rings. The Morgan fingerprint density at radius 2 is 2.04 bits per heavy atom. The molecular weight excluding hydrogens is 335 g/mol. The number of ether oxygens (including phenoxy) is 1. The van der Waals surface area contributed by atoms with Crippen LogP contribution in [0.1, 0.15) is 30.9 Å². The second kappa shape index (κ2) is 6.12. The molecule has 2 unspecified atom stereocenters. The summed E-state index contributed by atoms with van der Waals surface area (Å²) >= 11 is 0. The summed E-state index contributed by atoms with van der Waals surface area (Å²) in [6.45, 7) is 4.36. The van der Waals surface area contributed by atoms with Crippen molar-refractivity contribution in [3.05, 3.63) is 53.3 Å². The number of nitrogens with zero attached hydrogens (tertiary/aromatic N) is 1. The first-order valence-electron chi connectivity index (χ1n) is 8.69. The van der Waals surface area contributed by atoms with Crippen LogP contribution in [0.25, 0.3) is 0 Å². The van der Waals surface area contributed by atoms with Crippen LogP contribution in [0.4, 0.5) is 15.8 Å². The van der Waals surface area contributed by atoms with Crippen molar-refractivity contribution in [3.63, 3.8) is 0 Å². The number of likely N-dealkylation sites (N-methyl/N-ethyl adjacent to an activating group) is 1. The Hall–Kier alpha value is -2.89. The molecule has 4 rings (SSSR count). The number of carbonyl (C=O) groups excluding carboxylic acids is 2. The minimum Gasteiger partial charge on any atom is -0.490 e. The van der Waals surface area contributed by atoms with E-state index in [0.29, 0.717) is 17.8 Å². The highest BCUT2D eigenvalue weighted by Gasteiger charge is 2.42. The van der Waals surface area contributed by atoms with Gasteiger partial charge in [0.05, 0.1) is 0 Å². The summed E-state index contributed by atoms with van der Waals surface area (Å²) in [5.41, 5.74) is 2.94. The fraction of sp³-hybridized carbons (Fsp3) is 0.300. The van der Waals surface area contributed by atoms with Crippen molar-refractivity contribution >= 4 is 23.2 Å². The van der Waals surface area contributed by atoms with Gasteiger partial charge in [0.2, 0.25) is 11.8 Å². The van der Waals surface area contributed by atoms with E-state index in [1.807, 2.05) is 26.0 Å². The van der Waals surface area contributed by atoms with Crippen LogP contribution in [0.15, 0.2) is 36.4 Å². The fourth-order valence-electron chi connectivity index (χ4n) is 3.66. The van der Waals surface area contributed by atoms with Crippen molar-refractivity contribution in [2.24, 2.45) is 0 Å². The SMILES string of the molecule is CCN1C(=O)C(C(=O)Nc2ccc(F)cc2)c2cc3c(cc21)CC(C)O3. The molecule has 2 aromatic carbocycles. The molecular formula is C20H19FN2O3. The van der Waals surface area contributed by atoms with Gasteiger partial charge in [0.15, 0.2) is 0 Å². The fourth-order valence-corrected chi connectivity index (χ4v) is 3.66. The topological polar surface area (TPSA) is 58.6 Å². The quantitative estimate of drug-likeness (QED) is 0.861. The molecule has 0 spiro atoms. The summed E-state index contributed by atoms with van der Waals surface area (Å²) in [7, 11) is 0. The molecule has 0 bridgehead atoms. The first-order valence-corrected chi connectivity index (χ1v) is 8.69. The molecule has 26 heavy (non-hydrogen) atoms. The molecule has 2 aromatic rings. The largest absolute Gasteiger partial charge is 0.490 e. The normalized spacial score (nSPS) is 20.6. The molecule has 1 N–H and O–H groups in total. The number of halogens is 1. The van der Waals surface area contributed by atoms with Crippen LogP contribution in [0.3, 0.4) is 0 Å². The van der Waals surface area contributed by atoms with Gasteiger partial charge >= 0.3 is 0 Å². The molecule has 5 nitrogen and oxygen atoms in total. The molecule has 0 saturated carbocycles. The molecule has 2 amide bonds. The van der Waals surface area contributed by atoms with Crippen molar-refractivity contribution in [3.8, 4) is 5.75 Å². The van der Waals surface area contributed by atoms with Gasteiger partial charge in [0.25, 0.3) is 0 Å². The number of nitrogens with one attached hydrogen (secondary N) is 1. The summed E-state index contributed by atoms with van der Waals surface area (Å²) in [4.78, 5) is 27.3. The number of carbonyl (C=O) groups is 2. The number of amides is 2. The highest BCUT2D eigenvalue weighted by atomic mass is 19.1. The summed E-state index contributed by atoms with van der Waals surface area (Å²) in [6.07, 6.45) is 0.880. The lowest BCUT2D eigenvalue weighted by Gasteiger charge is -2.15. The lowest BCUT2D eigenvalue weighted by molar-refractivity contribution is -0.126. The van der Waals surface area contributed by atoms with Crippen LogP contribution < -0.4 is 15.0 Å². The van der Waals surface area contributed by atoms with Gasteiger partial charge < -0.3 is 15.0 Å². The Kier molecular flexibility index (Phi) is 3.90. The van der Waals surface area contributed by atoms with E-state index < -0.39 is 11.8 Å². The highest BCUT2D eigenvalue weighted by molar-refractivity contribution is 6.20. The number of rotatable bonds is 3. The van der Waals surface area contributed by atoms with Gasteiger partial charge in [-0.25, -0.2) is 4.39 Å². The van der Waals surface area contributed by atoms with Crippen LogP contribution in [0.5, 0.6) is 5.75 Å². The summed E-state index contributed by atoms with van der Waals surface area (Å²) in [5, 5.41) is 2.71. The van der Waals surface area contributed by atoms with Gasteiger partial charge in [-0.3, -0.25) is 9.59 Å². The molecule has 0 fully saturated rings. The molecule has 2 atom stereocenters. The van der Waals surface area contributed by atoms with Crippen LogP contribution in [0, 0.1) is 5.82 Å². The lowest BCUT2D eigenvalue weighted by Crippen LogP contribution is -2.33. The minimum absolute atomic E-state index is 0.0878. The zero-order valence-electron chi connectivity index (χ0n) is 14.6. The second-order valence-corrected chi connectivity index (χ2v) is 6.66. The number of benzene rings is 2. The van der Waals surface area contributed by atoms with Crippen molar-refractivity contribution in [1.82, 2.24) is 0 Å². The zero-order valence-corrected chi connectivity index (χ0v) is 14.6. The third kappa shape index (κ3) is 2.62. The first-order chi connectivity index (χ1) is 12.5. The van der Waals surface area contributed by atoms with Gasteiger partial charge in [0, 0.05) is 29.9 Å². The van der Waals surface area contributed by atoms with Crippen LogP contribution in [-0.4, -0.2) is 24.5 Å². The van der Waals surface area contributed by atoms with Crippen LogP contribution in [-0.2, 0) is 16.0 Å². The Morgan fingerprint density at radius 1 is 1.31 bits per heavy atom. The van der Waals surface area contributed by atoms with E-state index in [2.05, 4.69) is 5.32 Å². The number of fused-ring (bicyclic) bond motifs is 2. The number of anilines is 2. The second-order valence-electron chi connectivity index (χ2n) is 6.66. The van der Waals surface area contributed by atoms with E-state index in [0.717, 1.165) is 23.4 Å². The molecule has 0 aromatic heterocycles. The molecule has 134 valence electrons. The molecule has 0 aliphatic carbocycles. The summed E-state index contributed by atoms with van der Waals surface area (Å²) in [5.74, 6) is -1.26. The van der Waals surface area contributed by atoms with E-state index >= 15 is 0 Å². The predicted molar refractivity (Wildman–Crippen MR) is 96.0 cm³/mol. The molecule has 2 aliphatic heterocycles. The summed E-state index contributed by atoms with van der Waals surface area (Å²) < 4.78 is 18.8. The smallest absolute Gasteiger partial charge is 0.244 e. The molecule has 6 heteroatoms. The Bertz CT molecular complexity index is 895. The average Bonchev–Trinajstić information content (AvgIpc) is 3.09. The van der Waals surface area contributed by atoms with E-state index in [-0.39, 0.29) is 17.8 Å². The van der Waals surface area contributed by atoms with E-state index in [4.69, 9.17) is 4.74 Å². The monoisotopic (exact) mass is 354 g/mol. The standard InChI is InChI=1S/C20H19FN2O3/c1-3-23-16-9-12-8-11(2)26-17(12)10-15(16)18(20(23)25)19(24)22-14-6-4-13(21)5-7-14/h4-7,9-11,18H,3,8H2,1-2H3,(H,22,24). The molecule has 0 radical (unpaired) electrons. The maximum atomic E-state index is 13.1. The average molecular weight is 354 g/mol. The van der Waals surface area contributed by atoms with Crippen molar-refractivity contribution in [1.29, 1.82) is 0 Å². The predicted octanol–water partition coefficient (Wildman–Crippen LogP) is 3.24. The molecule has 0 saturated heterocycles. The Balaban J connectivity index is 1.69. The van der Waals surface area contributed by atoms with Crippen molar-refractivity contribution in [2.75, 3.05) is 16.8 Å². The van der Waals surface area contributed by atoms with Gasteiger partial charge in [-0.1, -0.05) is 0 Å². The van der Waals surface area contributed by atoms with Crippen LogP contribution in [0.2, 0.25) is 0 Å². The highest BCUT2D eigenvalue weighted by Crippen LogP contribution is 2.44. The number of hydrogen-bond donors (Lipinski definition) is 1. The Labute approximate surface area is 150 Å². The Morgan fingerprint density at radius 3 is 2.73 bits per heavy atom. The van der Waals surface area contributed by atoms with Crippen molar-refractivity contribution < 1.29 is 18.7 Å². The van der Waals surface area contributed by atoms with Gasteiger partial charge in [0.1, 0.15) is 23.6 Å². The van der Waals surface area contributed by atoms with E-state index in [9.17, 15) is 14.0 Å². The lowest BCUT2D eigenvalue weighted by atomic mass is 9.97. The minimum atomic E-state index is -0.931. The van der Waals surface area contributed by atoms with Crippen molar-refractivity contribution in [2.45, 2.75) is 32.3 Å². The maximum absolute atomic E-state index is 13.1. The van der Waals surface area contributed by atoms with Crippen LogP contribution >= 0.6 is 0 Å². The van der Waals surface area contributed by atoms with Gasteiger partial charge in [-0.15, -0.1) is 0 Å². The third-order valence-electron chi connectivity index (χ3n) is 4.85. The first kappa shape index (κ1) is 16.6. The zero-order chi connectivity index (χ0) is 18.4.